The highest BCUT2D eigenvalue weighted by Crippen LogP contribution is 2.37. The summed E-state index contributed by atoms with van der Waals surface area (Å²) in [7, 11) is 0. The molecule has 0 bridgehead atoms. The molecule has 1 aliphatic carbocycles. The molecule has 2 N–H and O–H groups in total. The molecule has 2 aliphatic rings. The molecule has 3 amide bonds. The maximum absolute atomic E-state index is 12.8. The van der Waals surface area contributed by atoms with Gasteiger partial charge in [0.25, 0.3) is 5.91 Å². The van der Waals surface area contributed by atoms with E-state index in [-0.39, 0.29) is 18.0 Å². The van der Waals surface area contributed by atoms with Gasteiger partial charge in [0.15, 0.2) is 0 Å². The zero-order chi connectivity index (χ0) is 19.3. The number of para-hydroxylation sites is 1. The Balaban J connectivity index is 1.48. The van der Waals surface area contributed by atoms with Crippen LogP contribution in [-0.4, -0.2) is 29.9 Å². The second kappa shape index (κ2) is 8.78. The molecule has 5 nitrogen and oxygen atoms in total. The van der Waals surface area contributed by atoms with Crippen LogP contribution in [0.5, 0.6) is 0 Å². The van der Waals surface area contributed by atoms with Gasteiger partial charge in [0.05, 0.1) is 17.3 Å². The lowest BCUT2D eigenvalue weighted by molar-refractivity contribution is 0.0794. The van der Waals surface area contributed by atoms with Gasteiger partial charge in [0.2, 0.25) is 0 Å². The minimum atomic E-state index is -0.244. The Morgan fingerprint density at radius 1 is 1.00 bits per heavy atom. The van der Waals surface area contributed by atoms with E-state index in [9.17, 15) is 9.59 Å². The number of likely N-dealkylation sites (tertiary alicyclic amines) is 1. The molecule has 1 aromatic carbocycles. The molecule has 0 spiro atoms. The van der Waals surface area contributed by atoms with Crippen molar-refractivity contribution in [2.24, 2.45) is 5.92 Å². The highest BCUT2D eigenvalue weighted by Gasteiger charge is 2.29. The number of amides is 3. The minimum absolute atomic E-state index is 0.000926. The smallest absolute Gasteiger partial charge is 0.319 e. The summed E-state index contributed by atoms with van der Waals surface area (Å²) in [6.07, 6.45) is 6.84. The van der Waals surface area contributed by atoms with Crippen molar-refractivity contribution in [2.45, 2.75) is 44.6 Å². The number of nitrogens with zero attached hydrogens (tertiary/aromatic N) is 1. The molecule has 148 valence electrons. The van der Waals surface area contributed by atoms with Crippen molar-refractivity contribution in [1.82, 2.24) is 10.2 Å². The number of benzene rings is 1. The van der Waals surface area contributed by atoms with Crippen molar-refractivity contribution in [1.29, 1.82) is 0 Å². The van der Waals surface area contributed by atoms with Crippen molar-refractivity contribution < 1.29 is 9.59 Å². The largest absolute Gasteiger partial charge is 0.339 e. The Morgan fingerprint density at radius 3 is 2.46 bits per heavy atom. The molecule has 0 radical (unpaired) electrons. The van der Waals surface area contributed by atoms with Gasteiger partial charge in [-0.2, -0.15) is 0 Å². The highest BCUT2D eigenvalue weighted by atomic mass is 32.1. The van der Waals surface area contributed by atoms with Crippen LogP contribution in [0.4, 0.5) is 10.5 Å². The average molecular weight is 398 g/mol. The normalized spacial score (nSPS) is 18.2. The van der Waals surface area contributed by atoms with E-state index >= 15 is 0 Å². The molecule has 6 heteroatoms. The van der Waals surface area contributed by atoms with Crippen LogP contribution in [0.1, 0.15) is 59.8 Å². The number of thiophene rings is 1. The molecular formula is C22H27N3O2S. The topological polar surface area (TPSA) is 61.4 Å². The Bertz CT molecular complexity index is 809. The number of nitrogens with one attached hydrogen (secondary N) is 2. The summed E-state index contributed by atoms with van der Waals surface area (Å²) in [5.41, 5.74) is 1.14. The van der Waals surface area contributed by atoms with Crippen LogP contribution in [0.3, 0.4) is 0 Å². The number of carbonyl (C=O) groups excluding carboxylic acids is 2. The fourth-order valence-electron chi connectivity index (χ4n) is 4.35. The first kappa shape index (κ1) is 19.0. The van der Waals surface area contributed by atoms with E-state index < -0.39 is 0 Å². The van der Waals surface area contributed by atoms with Crippen LogP contribution in [-0.2, 0) is 0 Å². The van der Waals surface area contributed by atoms with Crippen LogP contribution in [0.25, 0.3) is 0 Å². The summed E-state index contributed by atoms with van der Waals surface area (Å²) >= 11 is 1.69. The fraction of sp³-hybridized carbons (Fsp3) is 0.455. The van der Waals surface area contributed by atoms with Crippen molar-refractivity contribution in [2.75, 3.05) is 18.4 Å². The first-order chi connectivity index (χ1) is 13.7. The monoisotopic (exact) mass is 397 g/mol. The standard InChI is InChI=1S/C22H27N3O2S/c26-21(25-13-5-6-14-25)17-10-3-4-11-18(17)23-22(27)24-20(16-8-1-2-9-16)19-12-7-15-28-19/h3-4,7,10-12,15-16,20H,1-2,5-6,8-9,13-14H2,(H2,23,24,27)/t20-/m0/s1. The zero-order valence-electron chi connectivity index (χ0n) is 16.0. The third-order valence-corrected chi connectivity index (χ3v) is 6.76. The molecule has 0 unspecified atom stereocenters. The number of urea groups is 1. The lowest BCUT2D eigenvalue weighted by atomic mass is 9.97. The first-order valence-electron chi connectivity index (χ1n) is 10.2. The molecule has 1 aromatic heterocycles. The summed E-state index contributed by atoms with van der Waals surface area (Å²) in [5, 5.41) is 8.18. The summed E-state index contributed by atoms with van der Waals surface area (Å²) in [6.45, 7) is 1.59. The van der Waals surface area contributed by atoms with Crippen LogP contribution in [0, 0.1) is 5.92 Å². The lowest BCUT2D eigenvalue weighted by Gasteiger charge is -2.24. The van der Waals surface area contributed by atoms with E-state index in [1.807, 2.05) is 23.1 Å². The SMILES string of the molecule is O=C(Nc1ccccc1C(=O)N1CCCC1)N[C@H](c1cccs1)C1CCCC1. The van der Waals surface area contributed by atoms with Gasteiger partial charge in [0, 0.05) is 18.0 Å². The summed E-state index contributed by atoms with van der Waals surface area (Å²) < 4.78 is 0. The number of hydrogen-bond acceptors (Lipinski definition) is 3. The molecule has 4 rings (SSSR count). The van der Waals surface area contributed by atoms with E-state index in [2.05, 4.69) is 22.1 Å². The Hall–Kier alpha value is -2.34. The molecule has 2 heterocycles. The molecule has 1 atom stereocenters. The molecule has 28 heavy (non-hydrogen) atoms. The van der Waals surface area contributed by atoms with Crippen LogP contribution in [0.2, 0.25) is 0 Å². The van der Waals surface area contributed by atoms with Crippen LogP contribution < -0.4 is 10.6 Å². The molecule has 1 aliphatic heterocycles. The van der Waals surface area contributed by atoms with Crippen molar-refractivity contribution in [3.8, 4) is 0 Å². The molecular weight excluding hydrogens is 370 g/mol. The summed E-state index contributed by atoms with van der Waals surface area (Å²) in [5.74, 6) is 0.477. The van der Waals surface area contributed by atoms with Gasteiger partial charge >= 0.3 is 6.03 Å². The van der Waals surface area contributed by atoms with Crippen LogP contribution in [0.15, 0.2) is 41.8 Å². The maximum atomic E-state index is 12.8. The third kappa shape index (κ3) is 4.22. The van der Waals surface area contributed by atoms with E-state index in [1.54, 1.807) is 23.5 Å². The molecule has 1 saturated carbocycles. The number of carbonyl (C=O) groups is 2. The Labute approximate surface area is 170 Å². The molecule has 1 saturated heterocycles. The fourth-order valence-corrected chi connectivity index (χ4v) is 5.22. The van der Waals surface area contributed by atoms with E-state index in [1.165, 1.54) is 17.7 Å². The van der Waals surface area contributed by atoms with Crippen LogP contribution >= 0.6 is 11.3 Å². The summed E-state index contributed by atoms with van der Waals surface area (Å²) in [6, 6.07) is 11.2. The van der Waals surface area contributed by atoms with Gasteiger partial charge in [-0.25, -0.2) is 4.79 Å². The predicted molar refractivity (Wildman–Crippen MR) is 113 cm³/mol. The first-order valence-corrected chi connectivity index (χ1v) is 11.1. The van der Waals surface area contributed by atoms with E-state index in [0.29, 0.717) is 17.2 Å². The van der Waals surface area contributed by atoms with Crippen molar-refractivity contribution in [3.05, 3.63) is 52.2 Å². The number of hydrogen-bond donors (Lipinski definition) is 2. The number of rotatable bonds is 5. The van der Waals surface area contributed by atoms with Gasteiger partial charge in [-0.05, 0) is 55.2 Å². The van der Waals surface area contributed by atoms with Crippen molar-refractivity contribution >= 4 is 29.0 Å². The van der Waals surface area contributed by atoms with Gasteiger partial charge in [-0.15, -0.1) is 11.3 Å². The predicted octanol–water partition coefficient (Wildman–Crippen LogP) is 5.04. The average Bonchev–Trinajstić information content (AvgIpc) is 3.49. The van der Waals surface area contributed by atoms with Gasteiger partial charge in [-0.3, -0.25) is 4.79 Å². The second-order valence-corrected chi connectivity index (χ2v) is 8.66. The maximum Gasteiger partial charge on any atom is 0.319 e. The van der Waals surface area contributed by atoms with Gasteiger partial charge < -0.3 is 15.5 Å². The molecule has 2 fully saturated rings. The summed E-state index contributed by atoms with van der Waals surface area (Å²) in [4.78, 5) is 28.7. The van der Waals surface area contributed by atoms with Gasteiger partial charge in [-0.1, -0.05) is 31.0 Å². The highest BCUT2D eigenvalue weighted by molar-refractivity contribution is 7.10. The Morgan fingerprint density at radius 2 is 1.75 bits per heavy atom. The van der Waals surface area contributed by atoms with E-state index in [4.69, 9.17) is 0 Å². The number of anilines is 1. The zero-order valence-corrected chi connectivity index (χ0v) is 16.8. The van der Waals surface area contributed by atoms with Gasteiger partial charge in [0.1, 0.15) is 0 Å². The molecule has 2 aromatic rings. The quantitative estimate of drug-likeness (QED) is 0.743. The second-order valence-electron chi connectivity index (χ2n) is 7.68. The third-order valence-electron chi connectivity index (χ3n) is 5.81. The Kier molecular flexibility index (Phi) is 5.95. The van der Waals surface area contributed by atoms with Crippen molar-refractivity contribution in [3.63, 3.8) is 0 Å². The van der Waals surface area contributed by atoms with E-state index in [0.717, 1.165) is 38.8 Å². The minimum Gasteiger partial charge on any atom is -0.339 e. The lowest BCUT2D eigenvalue weighted by Crippen LogP contribution is -2.36.